The van der Waals surface area contributed by atoms with Gasteiger partial charge < -0.3 is 33.8 Å². The van der Waals surface area contributed by atoms with Crippen molar-refractivity contribution < 1.29 is 80.2 Å². The minimum absolute atomic E-state index is 0.0894. The van der Waals surface area contributed by atoms with Gasteiger partial charge >= 0.3 is 39.5 Å². The second kappa shape index (κ2) is 72.1. The Labute approximate surface area is 597 Å². The van der Waals surface area contributed by atoms with E-state index in [1.54, 1.807) is 0 Å². The Morgan fingerprint density at radius 3 is 0.837 bits per heavy atom. The van der Waals surface area contributed by atoms with Gasteiger partial charge in [-0.15, -0.1) is 0 Å². The lowest BCUT2D eigenvalue weighted by Gasteiger charge is -2.21. The number of carbonyl (C=O) groups excluding carboxylic acids is 4. The van der Waals surface area contributed by atoms with Gasteiger partial charge in [-0.3, -0.25) is 37.3 Å². The second-order valence-corrected chi connectivity index (χ2v) is 29.6. The summed E-state index contributed by atoms with van der Waals surface area (Å²) in [7, 11) is -9.95. The van der Waals surface area contributed by atoms with E-state index in [4.69, 9.17) is 37.0 Å². The van der Waals surface area contributed by atoms with Crippen molar-refractivity contribution in [3.63, 3.8) is 0 Å². The Kier molecular flexibility index (Phi) is 69.7. The van der Waals surface area contributed by atoms with Crippen LogP contribution in [0.4, 0.5) is 0 Å². The van der Waals surface area contributed by atoms with Crippen molar-refractivity contribution in [1.29, 1.82) is 0 Å². The first kappa shape index (κ1) is 94.8. The average molecular weight is 1430 g/mol. The molecule has 98 heavy (non-hydrogen) atoms. The van der Waals surface area contributed by atoms with Crippen LogP contribution in [0.1, 0.15) is 362 Å². The van der Waals surface area contributed by atoms with Gasteiger partial charge in [-0.05, 0) is 89.9 Å². The highest BCUT2D eigenvalue weighted by molar-refractivity contribution is 7.47. The van der Waals surface area contributed by atoms with Crippen LogP contribution >= 0.6 is 15.6 Å². The van der Waals surface area contributed by atoms with Crippen molar-refractivity contribution in [3.05, 3.63) is 60.8 Å². The summed E-state index contributed by atoms with van der Waals surface area (Å²) in [5, 5.41) is 10.6. The smallest absolute Gasteiger partial charge is 0.462 e. The summed E-state index contributed by atoms with van der Waals surface area (Å²) in [5.74, 6) is -2.21. The molecule has 0 aliphatic rings. The molecule has 0 saturated carbocycles. The number of phosphoric acid groups is 2. The third-order valence-corrected chi connectivity index (χ3v) is 18.9. The number of hydrogen-bond acceptors (Lipinski definition) is 15. The molecule has 0 rings (SSSR count). The third-order valence-electron chi connectivity index (χ3n) is 17.0. The van der Waals surface area contributed by atoms with Crippen LogP contribution in [0.2, 0.25) is 0 Å². The third kappa shape index (κ3) is 71.2. The molecular formula is C79H144O17P2. The highest BCUT2D eigenvalue weighted by atomic mass is 31.2. The van der Waals surface area contributed by atoms with Crippen molar-refractivity contribution in [2.45, 2.75) is 380 Å². The Morgan fingerprint density at radius 1 is 0.286 bits per heavy atom. The summed E-state index contributed by atoms with van der Waals surface area (Å²) >= 11 is 0. The molecule has 0 amide bonds. The van der Waals surface area contributed by atoms with Crippen LogP contribution in [-0.4, -0.2) is 96.7 Å². The number of aliphatic hydroxyl groups is 1. The fourth-order valence-electron chi connectivity index (χ4n) is 10.9. The summed E-state index contributed by atoms with van der Waals surface area (Å²) in [6.45, 7) is 4.84. The van der Waals surface area contributed by atoms with Crippen LogP contribution < -0.4 is 0 Å². The summed E-state index contributed by atoms with van der Waals surface area (Å²) < 4.78 is 68.5. The largest absolute Gasteiger partial charge is 0.472 e. The number of hydrogen-bond donors (Lipinski definition) is 3. The monoisotopic (exact) mass is 1430 g/mol. The molecule has 572 valence electrons. The van der Waals surface area contributed by atoms with Gasteiger partial charge in [0.05, 0.1) is 26.4 Å². The first-order chi connectivity index (χ1) is 47.7. The standard InChI is InChI=1S/C79H144O17P2/c1-5-9-13-17-21-25-29-33-35-36-38-41-44-48-52-56-60-64-77(82)90-70-74(95-78(83)65-61-57-53-49-45-40-32-28-24-20-16-12-8-4)71-93-97(85,86)91-67-73(80)68-92-98(87,88)94-72-75(69-89-76(81)63-59-55-51-47-43-39-31-27-23-19-15-11-7-3)96-79(84)66-62-58-54-50-46-42-37-34-30-26-22-18-14-10-6-2/h21,25,33-35,37-38,41,48,52,73-75,80H,5-20,22-24,26-32,36,39-40,42-47,49-51,53-72H2,1-4H3,(H,85,86)(H,87,88)/b25-21-,35-33-,37-34-,41-38-,52-48-/t73-,74+,75+/m0/s1. The van der Waals surface area contributed by atoms with E-state index >= 15 is 0 Å². The van der Waals surface area contributed by atoms with E-state index in [-0.39, 0.29) is 25.7 Å². The van der Waals surface area contributed by atoms with Crippen LogP contribution in [0.25, 0.3) is 0 Å². The van der Waals surface area contributed by atoms with Crippen LogP contribution in [0.15, 0.2) is 60.8 Å². The van der Waals surface area contributed by atoms with Gasteiger partial charge in [-0.1, -0.05) is 307 Å². The fourth-order valence-corrected chi connectivity index (χ4v) is 12.5. The molecule has 0 aromatic rings. The predicted molar refractivity (Wildman–Crippen MR) is 400 cm³/mol. The van der Waals surface area contributed by atoms with E-state index in [1.807, 2.05) is 12.2 Å². The maximum absolute atomic E-state index is 13.1. The summed E-state index contributed by atoms with van der Waals surface area (Å²) in [4.78, 5) is 72.9. The maximum atomic E-state index is 13.1. The maximum Gasteiger partial charge on any atom is 0.472 e. The number of aliphatic hydroxyl groups excluding tert-OH is 1. The minimum Gasteiger partial charge on any atom is -0.462 e. The molecule has 0 saturated heterocycles. The second-order valence-electron chi connectivity index (χ2n) is 26.7. The van der Waals surface area contributed by atoms with Crippen molar-refractivity contribution in [3.8, 4) is 0 Å². The highest BCUT2D eigenvalue weighted by Gasteiger charge is 2.30. The van der Waals surface area contributed by atoms with E-state index in [0.717, 1.165) is 109 Å². The van der Waals surface area contributed by atoms with Gasteiger partial charge in [0.1, 0.15) is 19.3 Å². The molecule has 19 heteroatoms. The van der Waals surface area contributed by atoms with E-state index in [0.29, 0.717) is 32.1 Å². The number of allylic oxidation sites excluding steroid dienone is 10. The number of ether oxygens (including phenoxy) is 4. The van der Waals surface area contributed by atoms with Gasteiger partial charge in [0.15, 0.2) is 12.2 Å². The van der Waals surface area contributed by atoms with Gasteiger partial charge in [0.25, 0.3) is 0 Å². The zero-order valence-corrected chi connectivity index (χ0v) is 64.3. The fraction of sp³-hybridized carbons (Fsp3) is 0.823. The van der Waals surface area contributed by atoms with Crippen molar-refractivity contribution in [1.82, 2.24) is 0 Å². The van der Waals surface area contributed by atoms with Gasteiger partial charge in [-0.25, -0.2) is 9.13 Å². The summed E-state index contributed by atoms with van der Waals surface area (Å²) in [6, 6.07) is 0. The number of carbonyl (C=O) groups is 4. The molecule has 0 spiro atoms. The first-order valence-corrected chi connectivity index (χ1v) is 42.5. The molecule has 0 aliphatic carbocycles. The van der Waals surface area contributed by atoms with Crippen LogP contribution in [0, 0.1) is 0 Å². The van der Waals surface area contributed by atoms with Crippen molar-refractivity contribution in [2.75, 3.05) is 39.6 Å². The zero-order chi connectivity index (χ0) is 71.8. The molecule has 0 heterocycles. The predicted octanol–water partition coefficient (Wildman–Crippen LogP) is 22.7. The topological polar surface area (TPSA) is 237 Å². The van der Waals surface area contributed by atoms with Gasteiger partial charge in [0.2, 0.25) is 0 Å². The highest BCUT2D eigenvalue weighted by Crippen LogP contribution is 2.45. The minimum atomic E-state index is -4.98. The molecule has 0 fully saturated rings. The van der Waals surface area contributed by atoms with E-state index in [2.05, 4.69) is 76.3 Å². The lowest BCUT2D eigenvalue weighted by Crippen LogP contribution is -2.30. The Hall–Kier alpha value is -3.24. The number of esters is 4. The molecule has 2 unspecified atom stereocenters. The molecule has 0 aliphatic heterocycles. The lowest BCUT2D eigenvalue weighted by atomic mass is 10.0. The first-order valence-electron chi connectivity index (χ1n) is 39.5. The Balaban J connectivity index is 5.36. The molecule has 0 bridgehead atoms. The Morgan fingerprint density at radius 2 is 0.510 bits per heavy atom. The van der Waals surface area contributed by atoms with Crippen LogP contribution in [0.3, 0.4) is 0 Å². The number of phosphoric ester groups is 2. The van der Waals surface area contributed by atoms with Crippen molar-refractivity contribution >= 4 is 39.5 Å². The molecule has 0 aromatic carbocycles. The molecule has 17 nitrogen and oxygen atoms in total. The lowest BCUT2D eigenvalue weighted by molar-refractivity contribution is -0.161. The zero-order valence-electron chi connectivity index (χ0n) is 62.5. The van der Waals surface area contributed by atoms with Crippen LogP contribution in [-0.2, 0) is 65.4 Å². The molecule has 3 N–H and O–H groups in total. The summed E-state index contributed by atoms with van der Waals surface area (Å²) in [5.41, 5.74) is 0. The normalized spacial score (nSPS) is 14.2. The SMILES string of the molecule is CCCCC/C=C\C/C=C\C/C=C\C/C=C\CCCC(=O)OC[C@H](COP(=O)(O)OC[C@H](O)COP(=O)(O)OC[C@@H](COC(=O)CCCCCCCCCCCCCCC)OC(=O)CCCCCCC/C=C\CCCCCCCC)OC(=O)CCCCCCCCCCCCCCC. The van der Waals surface area contributed by atoms with E-state index in [9.17, 15) is 43.2 Å². The molecule has 0 radical (unpaired) electrons. The van der Waals surface area contributed by atoms with Crippen molar-refractivity contribution in [2.24, 2.45) is 0 Å². The van der Waals surface area contributed by atoms with E-state index in [1.165, 1.54) is 167 Å². The molecular weight excluding hydrogens is 1280 g/mol. The number of unbranched alkanes of at least 4 members (excludes halogenated alkanes) is 39. The quantitative estimate of drug-likeness (QED) is 0.0169. The number of rotatable bonds is 75. The average Bonchev–Trinajstić information content (AvgIpc) is 0.962. The molecule has 0 aromatic heterocycles. The Bertz CT molecular complexity index is 2100. The van der Waals surface area contributed by atoms with Gasteiger partial charge in [0, 0.05) is 25.7 Å². The molecule has 5 atom stereocenters. The van der Waals surface area contributed by atoms with Gasteiger partial charge in [-0.2, -0.15) is 0 Å². The summed E-state index contributed by atoms with van der Waals surface area (Å²) in [6.07, 6.45) is 70.6. The van der Waals surface area contributed by atoms with Crippen LogP contribution in [0.5, 0.6) is 0 Å². The van der Waals surface area contributed by atoms with E-state index < -0.39 is 97.5 Å².